The second kappa shape index (κ2) is 8.88. The quantitative estimate of drug-likeness (QED) is 0.392. The van der Waals surface area contributed by atoms with Gasteiger partial charge in [-0.2, -0.15) is 13.2 Å². The van der Waals surface area contributed by atoms with Crippen LogP contribution in [0.4, 0.5) is 13.2 Å². The molecule has 34 heavy (non-hydrogen) atoms. The fourth-order valence-electron chi connectivity index (χ4n) is 4.28. The lowest BCUT2D eigenvalue weighted by Crippen LogP contribution is -2.48. The maximum absolute atomic E-state index is 12.8. The van der Waals surface area contributed by atoms with Crippen LogP contribution in [0.1, 0.15) is 26.5 Å². The molecular weight excluding hydrogens is 461 g/mol. The van der Waals surface area contributed by atoms with E-state index in [9.17, 15) is 18.0 Å². The van der Waals surface area contributed by atoms with Crippen LogP contribution >= 0.6 is 11.3 Å². The summed E-state index contributed by atoms with van der Waals surface area (Å²) >= 11 is 1.66. The van der Waals surface area contributed by atoms with Crippen LogP contribution in [0, 0.1) is 6.92 Å². The largest absolute Gasteiger partial charge is 0.416 e. The maximum atomic E-state index is 12.8. The number of fused-ring (bicyclic) bond motifs is 1. The van der Waals surface area contributed by atoms with Gasteiger partial charge in [-0.1, -0.05) is 30.3 Å². The van der Waals surface area contributed by atoms with Crippen molar-refractivity contribution >= 4 is 22.2 Å². The van der Waals surface area contributed by atoms with Crippen LogP contribution in [0.25, 0.3) is 16.2 Å². The summed E-state index contributed by atoms with van der Waals surface area (Å²) in [4.78, 5) is 23.8. The lowest BCUT2D eigenvalue weighted by Gasteiger charge is -2.34. The number of alkyl halides is 3. The Morgan fingerprint density at radius 2 is 1.68 bits per heavy atom. The van der Waals surface area contributed by atoms with E-state index < -0.39 is 11.7 Å². The molecule has 0 bridgehead atoms. The van der Waals surface area contributed by atoms with Gasteiger partial charge in [0.05, 0.1) is 17.0 Å². The SMILES string of the molecule is Cc1cn2c(CN3CCN(C(=O)c4ccc(C(F)(F)F)cc4)CC3)c(-c3ccccc3)nc2s1. The molecule has 1 saturated heterocycles. The summed E-state index contributed by atoms with van der Waals surface area (Å²) in [5, 5.41) is 0. The molecule has 0 spiro atoms. The molecule has 0 unspecified atom stereocenters. The second-order valence-electron chi connectivity index (χ2n) is 8.41. The van der Waals surface area contributed by atoms with Gasteiger partial charge in [-0.15, -0.1) is 11.3 Å². The number of imidazole rings is 1. The predicted molar refractivity (Wildman–Crippen MR) is 126 cm³/mol. The molecule has 4 aromatic rings. The van der Waals surface area contributed by atoms with Gasteiger partial charge in [-0.25, -0.2) is 4.98 Å². The molecule has 1 amide bonds. The summed E-state index contributed by atoms with van der Waals surface area (Å²) in [6.07, 6.45) is -2.30. The highest BCUT2D eigenvalue weighted by Crippen LogP contribution is 2.30. The monoisotopic (exact) mass is 484 g/mol. The first-order valence-electron chi connectivity index (χ1n) is 11.0. The molecule has 2 aromatic heterocycles. The first-order valence-corrected chi connectivity index (χ1v) is 11.8. The third-order valence-corrected chi connectivity index (χ3v) is 6.98. The van der Waals surface area contributed by atoms with Crippen molar-refractivity contribution in [1.29, 1.82) is 0 Å². The predicted octanol–water partition coefficient (Wildman–Crippen LogP) is 5.35. The zero-order valence-electron chi connectivity index (χ0n) is 18.5. The summed E-state index contributed by atoms with van der Waals surface area (Å²) in [6.45, 7) is 5.16. The molecule has 9 heteroatoms. The number of piperazine rings is 1. The molecule has 176 valence electrons. The van der Waals surface area contributed by atoms with E-state index in [1.165, 1.54) is 17.0 Å². The van der Waals surface area contributed by atoms with Crippen molar-refractivity contribution in [2.45, 2.75) is 19.6 Å². The highest BCUT2D eigenvalue weighted by Gasteiger charge is 2.31. The van der Waals surface area contributed by atoms with Crippen molar-refractivity contribution in [2.75, 3.05) is 26.2 Å². The lowest BCUT2D eigenvalue weighted by atomic mass is 10.1. The Kier molecular flexibility index (Phi) is 5.91. The molecule has 1 fully saturated rings. The topological polar surface area (TPSA) is 40.9 Å². The number of carbonyl (C=O) groups excluding carboxylic acids is 1. The van der Waals surface area contributed by atoms with Crippen LogP contribution in [-0.4, -0.2) is 51.3 Å². The number of benzene rings is 2. The highest BCUT2D eigenvalue weighted by atomic mass is 32.1. The normalized spacial score (nSPS) is 15.2. The zero-order chi connectivity index (χ0) is 23.9. The summed E-state index contributed by atoms with van der Waals surface area (Å²) in [5.41, 5.74) is 2.68. The van der Waals surface area contributed by atoms with E-state index in [1.807, 2.05) is 18.2 Å². The van der Waals surface area contributed by atoms with Crippen LogP contribution in [0.15, 0.2) is 60.8 Å². The smallest absolute Gasteiger partial charge is 0.336 e. The molecule has 1 aliphatic rings. The Bertz CT molecular complexity index is 1300. The van der Waals surface area contributed by atoms with E-state index in [1.54, 1.807) is 16.2 Å². The molecule has 0 N–H and O–H groups in total. The molecule has 0 radical (unpaired) electrons. The third-order valence-electron chi connectivity index (χ3n) is 6.08. The number of aromatic nitrogens is 2. The van der Waals surface area contributed by atoms with Gasteiger partial charge in [-0.05, 0) is 31.2 Å². The number of carbonyl (C=O) groups is 1. The molecule has 5 nitrogen and oxygen atoms in total. The lowest BCUT2D eigenvalue weighted by molar-refractivity contribution is -0.137. The number of hydrogen-bond acceptors (Lipinski definition) is 4. The van der Waals surface area contributed by atoms with Crippen molar-refractivity contribution in [1.82, 2.24) is 19.2 Å². The van der Waals surface area contributed by atoms with Gasteiger partial charge in [0.25, 0.3) is 5.91 Å². The Morgan fingerprint density at radius 1 is 1.00 bits per heavy atom. The Balaban J connectivity index is 1.29. The van der Waals surface area contributed by atoms with Crippen molar-refractivity contribution in [3.8, 4) is 11.3 Å². The van der Waals surface area contributed by atoms with Crippen molar-refractivity contribution in [3.05, 3.63) is 82.5 Å². The van der Waals surface area contributed by atoms with E-state index in [2.05, 4.69) is 34.6 Å². The highest BCUT2D eigenvalue weighted by molar-refractivity contribution is 7.17. The van der Waals surface area contributed by atoms with E-state index in [-0.39, 0.29) is 11.5 Å². The number of aryl methyl sites for hydroxylation is 1. The number of rotatable bonds is 4. The van der Waals surface area contributed by atoms with Crippen LogP contribution in [0.3, 0.4) is 0 Å². The number of halogens is 3. The molecule has 0 aliphatic carbocycles. The summed E-state index contributed by atoms with van der Waals surface area (Å²) < 4.78 is 40.6. The van der Waals surface area contributed by atoms with Gasteiger partial charge < -0.3 is 4.90 Å². The van der Waals surface area contributed by atoms with Gasteiger partial charge in [0.2, 0.25) is 0 Å². The molecule has 2 aromatic carbocycles. The molecule has 0 saturated carbocycles. The van der Waals surface area contributed by atoms with Crippen molar-refractivity contribution in [2.24, 2.45) is 0 Å². The molecule has 0 atom stereocenters. The fourth-order valence-corrected chi connectivity index (χ4v) is 5.13. The second-order valence-corrected chi connectivity index (χ2v) is 9.62. The summed E-state index contributed by atoms with van der Waals surface area (Å²) in [5.74, 6) is -0.237. The molecule has 5 rings (SSSR count). The zero-order valence-corrected chi connectivity index (χ0v) is 19.4. The van der Waals surface area contributed by atoms with E-state index in [0.29, 0.717) is 32.7 Å². The first kappa shape index (κ1) is 22.6. The van der Waals surface area contributed by atoms with Crippen LogP contribution in [-0.2, 0) is 12.7 Å². The van der Waals surface area contributed by atoms with Crippen LogP contribution in [0.5, 0.6) is 0 Å². The van der Waals surface area contributed by atoms with Gasteiger partial charge in [-0.3, -0.25) is 14.1 Å². The fraction of sp³-hybridized carbons (Fsp3) is 0.280. The number of nitrogens with zero attached hydrogens (tertiary/aromatic N) is 4. The summed E-state index contributed by atoms with van der Waals surface area (Å²) in [7, 11) is 0. The van der Waals surface area contributed by atoms with E-state index in [0.717, 1.165) is 34.0 Å². The third kappa shape index (κ3) is 4.45. The summed E-state index contributed by atoms with van der Waals surface area (Å²) in [6, 6.07) is 14.5. The number of amides is 1. The average molecular weight is 485 g/mol. The standard InChI is InChI=1S/C25H23F3N4OS/c1-17-15-32-21(22(29-24(32)34-17)18-5-3-2-4-6-18)16-30-11-13-31(14-12-30)23(33)19-7-9-20(10-8-19)25(26,27)28/h2-10,15H,11-14,16H2,1H3. The first-order chi connectivity index (χ1) is 16.3. The Morgan fingerprint density at radius 3 is 2.32 bits per heavy atom. The van der Waals surface area contributed by atoms with Gasteiger partial charge in [0, 0.05) is 54.9 Å². The van der Waals surface area contributed by atoms with Gasteiger partial charge >= 0.3 is 6.18 Å². The van der Waals surface area contributed by atoms with E-state index in [4.69, 9.17) is 4.98 Å². The number of thiazole rings is 1. The van der Waals surface area contributed by atoms with E-state index >= 15 is 0 Å². The number of hydrogen-bond donors (Lipinski definition) is 0. The van der Waals surface area contributed by atoms with Gasteiger partial charge in [0.1, 0.15) is 0 Å². The average Bonchev–Trinajstić information content (AvgIpc) is 3.36. The van der Waals surface area contributed by atoms with Crippen LogP contribution in [0.2, 0.25) is 0 Å². The minimum Gasteiger partial charge on any atom is -0.336 e. The Hall–Kier alpha value is -3.17. The minimum atomic E-state index is -4.41. The molecule has 3 heterocycles. The molecule has 1 aliphatic heterocycles. The molecular formula is C25H23F3N4OS. The van der Waals surface area contributed by atoms with Gasteiger partial charge in [0.15, 0.2) is 4.96 Å². The van der Waals surface area contributed by atoms with Crippen molar-refractivity contribution < 1.29 is 18.0 Å². The maximum Gasteiger partial charge on any atom is 0.416 e. The van der Waals surface area contributed by atoms with Crippen molar-refractivity contribution in [3.63, 3.8) is 0 Å². The Labute approximate surface area is 199 Å². The minimum absolute atomic E-state index is 0.237. The van der Waals surface area contributed by atoms with Crippen LogP contribution < -0.4 is 0 Å².